The lowest BCUT2D eigenvalue weighted by atomic mass is 9.61. The molecule has 0 saturated heterocycles. The summed E-state index contributed by atoms with van der Waals surface area (Å²) in [4.78, 5) is 30.8. The lowest BCUT2D eigenvalue weighted by Crippen LogP contribution is -2.27. The van der Waals surface area contributed by atoms with E-state index in [0.717, 1.165) is 38.9 Å². The van der Waals surface area contributed by atoms with Crippen LogP contribution in [0.4, 0.5) is 0 Å². The molecule has 304 valence electrons. The Hall–Kier alpha value is -8.26. The molecule has 8 aromatic carbocycles. The highest BCUT2D eigenvalue weighted by molar-refractivity contribution is 7.17. The number of fused-ring (bicyclic) bond motifs is 1. The minimum atomic E-state index is 0.0239. The molecule has 14 rings (SSSR count). The predicted molar refractivity (Wildman–Crippen MR) is 261 cm³/mol. The van der Waals surface area contributed by atoms with E-state index in [0.29, 0.717) is 34.9 Å². The molecule has 65 heavy (non-hydrogen) atoms. The molecule has 0 aliphatic heterocycles. The standard InChI is InChI=1S/C58H36N6S/c1-4-16-35(17-5-1)53-59-54(36-18-6-2-7-19-36)61-56(60-53)38-28-30-44-47(32-38)51-42-24-11-12-25-43(42)52(44)48-33-39(29-31-45(48)51)57-62-55(37-20-8-3-9-21-37)63-58(64-57)46-26-13-10-22-40(46)49-34-65-50-27-15-14-23-41(49)50/h1-34,51-52H. The van der Waals surface area contributed by atoms with Gasteiger partial charge in [0.25, 0.3) is 0 Å². The number of hydrogen-bond acceptors (Lipinski definition) is 7. The van der Waals surface area contributed by atoms with Gasteiger partial charge in [-0.2, -0.15) is 0 Å². The molecule has 0 saturated carbocycles. The molecule has 0 radical (unpaired) electrons. The van der Waals surface area contributed by atoms with E-state index < -0.39 is 0 Å². The van der Waals surface area contributed by atoms with Crippen molar-refractivity contribution in [3.8, 4) is 79.5 Å². The molecular formula is C58H36N6S. The van der Waals surface area contributed by atoms with Crippen LogP contribution in [0.1, 0.15) is 45.2 Å². The van der Waals surface area contributed by atoms with Gasteiger partial charge >= 0.3 is 0 Å². The van der Waals surface area contributed by atoms with Gasteiger partial charge in [-0.05, 0) is 62.5 Å². The van der Waals surface area contributed by atoms with Gasteiger partial charge in [0.05, 0.1) is 0 Å². The first-order valence-electron chi connectivity index (χ1n) is 21.8. The average Bonchev–Trinajstić information content (AvgIpc) is 3.83. The molecule has 3 heterocycles. The molecule has 3 aliphatic carbocycles. The number of nitrogens with zero attached hydrogens (tertiary/aromatic N) is 6. The average molecular weight is 849 g/mol. The van der Waals surface area contributed by atoms with Crippen molar-refractivity contribution < 1.29 is 0 Å². The number of thiophene rings is 1. The third kappa shape index (κ3) is 6.31. The summed E-state index contributed by atoms with van der Waals surface area (Å²) in [6, 6.07) is 70.1. The first-order chi connectivity index (χ1) is 32.2. The highest BCUT2D eigenvalue weighted by Crippen LogP contribution is 2.56. The van der Waals surface area contributed by atoms with Gasteiger partial charge in [0.15, 0.2) is 34.9 Å². The van der Waals surface area contributed by atoms with Gasteiger partial charge in [0, 0.05) is 60.9 Å². The fourth-order valence-corrected chi connectivity index (χ4v) is 10.8. The molecule has 2 bridgehead atoms. The number of aromatic nitrogens is 6. The van der Waals surface area contributed by atoms with Crippen molar-refractivity contribution in [2.75, 3.05) is 0 Å². The van der Waals surface area contributed by atoms with Crippen LogP contribution in [0, 0.1) is 0 Å². The van der Waals surface area contributed by atoms with Crippen LogP contribution in [0.25, 0.3) is 89.5 Å². The second-order valence-corrected chi connectivity index (χ2v) is 17.5. The van der Waals surface area contributed by atoms with Crippen LogP contribution >= 0.6 is 11.3 Å². The summed E-state index contributed by atoms with van der Waals surface area (Å²) in [6.07, 6.45) is 0. The van der Waals surface area contributed by atoms with E-state index in [9.17, 15) is 0 Å². The van der Waals surface area contributed by atoms with Crippen LogP contribution in [-0.2, 0) is 0 Å². The Morgan fingerprint density at radius 2 is 0.662 bits per heavy atom. The Morgan fingerprint density at radius 3 is 1.17 bits per heavy atom. The molecule has 7 heteroatoms. The van der Waals surface area contributed by atoms with Crippen LogP contribution in [0.5, 0.6) is 0 Å². The Bertz CT molecular complexity index is 3570. The van der Waals surface area contributed by atoms with Crippen LogP contribution in [-0.4, -0.2) is 29.9 Å². The monoisotopic (exact) mass is 848 g/mol. The van der Waals surface area contributed by atoms with Crippen molar-refractivity contribution in [1.29, 1.82) is 0 Å². The maximum Gasteiger partial charge on any atom is 0.164 e. The normalized spacial score (nSPS) is 14.5. The Balaban J connectivity index is 0.945. The first-order valence-corrected chi connectivity index (χ1v) is 22.7. The smallest absolute Gasteiger partial charge is 0.164 e. The minimum absolute atomic E-state index is 0.0239. The summed E-state index contributed by atoms with van der Waals surface area (Å²) < 4.78 is 1.25. The highest BCUT2D eigenvalue weighted by Gasteiger charge is 2.41. The largest absolute Gasteiger partial charge is 0.208 e. The molecular weight excluding hydrogens is 813 g/mol. The van der Waals surface area contributed by atoms with E-state index in [2.05, 4.69) is 127 Å². The van der Waals surface area contributed by atoms with Crippen molar-refractivity contribution in [1.82, 2.24) is 29.9 Å². The van der Waals surface area contributed by atoms with E-state index in [1.807, 2.05) is 78.9 Å². The molecule has 0 spiro atoms. The van der Waals surface area contributed by atoms with E-state index in [-0.39, 0.29) is 11.8 Å². The zero-order valence-electron chi connectivity index (χ0n) is 34.9. The molecule has 11 aromatic rings. The van der Waals surface area contributed by atoms with Gasteiger partial charge in [0.1, 0.15) is 0 Å². The predicted octanol–water partition coefficient (Wildman–Crippen LogP) is 13.9. The number of benzene rings is 8. The first kappa shape index (κ1) is 37.3. The summed E-state index contributed by atoms with van der Waals surface area (Å²) in [7, 11) is 0. The molecule has 0 amide bonds. The quantitative estimate of drug-likeness (QED) is 0.159. The maximum atomic E-state index is 5.31. The summed E-state index contributed by atoms with van der Waals surface area (Å²) in [6.45, 7) is 0. The van der Waals surface area contributed by atoms with E-state index in [1.165, 1.54) is 49.0 Å². The molecule has 0 fully saturated rings. The third-order valence-electron chi connectivity index (χ3n) is 12.9. The molecule has 0 N–H and O–H groups in total. The summed E-state index contributed by atoms with van der Waals surface area (Å²) >= 11 is 1.76. The van der Waals surface area contributed by atoms with Crippen molar-refractivity contribution in [3.63, 3.8) is 0 Å². The lowest BCUT2D eigenvalue weighted by Gasteiger charge is -2.42. The summed E-state index contributed by atoms with van der Waals surface area (Å²) in [5, 5.41) is 3.47. The highest BCUT2D eigenvalue weighted by atomic mass is 32.1. The molecule has 3 aromatic heterocycles. The molecule has 2 unspecified atom stereocenters. The van der Waals surface area contributed by atoms with Gasteiger partial charge in [-0.25, -0.2) is 29.9 Å². The minimum Gasteiger partial charge on any atom is -0.208 e. The third-order valence-corrected chi connectivity index (χ3v) is 13.8. The Labute approximate surface area is 379 Å². The van der Waals surface area contributed by atoms with Gasteiger partial charge < -0.3 is 0 Å². The van der Waals surface area contributed by atoms with Crippen molar-refractivity contribution in [2.45, 2.75) is 11.8 Å². The zero-order chi connectivity index (χ0) is 42.8. The lowest BCUT2D eigenvalue weighted by molar-refractivity contribution is 0.754. The van der Waals surface area contributed by atoms with Crippen LogP contribution in [0.2, 0.25) is 0 Å². The fraction of sp³-hybridized carbons (Fsp3) is 0.0345. The van der Waals surface area contributed by atoms with Crippen molar-refractivity contribution >= 4 is 21.4 Å². The van der Waals surface area contributed by atoms with Crippen LogP contribution in [0.3, 0.4) is 0 Å². The van der Waals surface area contributed by atoms with E-state index in [4.69, 9.17) is 29.9 Å². The second-order valence-electron chi connectivity index (χ2n) is 16.6. The van der Waals surface area contributed by atoms with E-state index >= 15 is 0 Å². The van der Waals surface area contributed by atoms with Gasteiger partial charge in [-0.1, -0.05) is 182 Å². The molecule has 3 aliphatic rings. The van der Waals surface area contributed by atoms with Crippen molar-refractivity contribution in [3.05, 3.63) is 239 Å². The van der Waals surface area contributed by atoms with Gasteiger partial charge in [-0.15, -0.1) is 11.3 Å². The van der Waals surface area contributed by atoms with Gasteiger partial charge in [-0.3, -0.25) is 0 Å². The van der Waals surface area contributed by atoms with Crippen LogP contribution in [0.15, 0.2) is 206 Å². The van der Waals surface area contributed by atoms with Crippen molar-refractivity contribution in [2.24, 2.45) is 0 Å². The summed E-state index contributed by atoms with van der Waals surface area (Å²) in [5.41, 5.74) is 15.8. The Kier molecular flexibility index (Phi) is 8.74. The molecule has 2 atom stereocenters. The fourth-order valence-electron chi connectivity index (χ4n) is 9.87. The number of rotatable bonds is 7. The SMILES string of the molecule is c1ccc(-c2nc(-c3ccccc3)nc(-c3ccc4c(c3)C3c5ccccc5C4c4cc(-c5nc(-c6ccccc6)nc(-c6ccccc6-c6csc7ccccc67)n5)ccc43)n2)cc1. The maximum absolute atomic E-state index is 5.31. The Morgan fingerprint density at radius 1 is 0.277 bits per heavy atom. The zero-order valence-corrected chi connectivity index (χ0v) is 35.7. The summed E-state index contributed by atoms with van der Waals surface area (Å²) in [5.74, 6) is 3.93. The van der Waals surface area contributed by atoms with E-state index in [1.54, 1.807) is 11.3 Å². The molecule has 6 nitrogen and oxygen atoms in total. The second kappa shape index (κ2) is 15.2. The van der Waals surface area contributed by atoms with Gasteiger partial charge in [0.2, 0.25) is 0 Å². The topological polar surface area (TPSA) is 77.3 Å². The number of hydrogen-bond donors (Lipinski definition) is 0. The van der Waals surface area contributed by atoms with Crippen LogP contribution < -0.4 is 0 Å².